The van der Waals surface area contributed by atoms with Gasteiger partial charge in [0.05, 0.1) is 0 Å². The number of rotatable bonds is 3. The van der Waals surface area contributed by atoms with Gasteiger partial charge < -0.3 is 9.84 Å². The molecule has 0 bridgehead atoms. The summed E-state index contributed by atoms with van der Waals surface area (Å²) in [6.45, 7) is 1.69. The van der Waals surface area contributed by atoms with Crippen molar-refractivity contribution in [1.29, 1.82) is 0 Å². The van der Waals surface area contributed by atoms with Gasteiger partial charge >= 0.3 is 5.97 Å². The number of aromatic carboxylic acids is 1. The molecule has 2 aromatic carbocycles. The van der Waals surface area contributed by atoms with Gasteiger partial charge in [0.1, 0.15) is 22.9 Å². The van der Waals surface area contributed by atoms with Gasteiger partial charge in [0.2, 0.25) is 0 Å². The molecule has 0 saturated carbocycles. The predicted molar refractivity (Wildman–Crippen MR) is 72.3 cm³/mol. The Labute approximate surface area is 117 Å². The fourth-order valence-electron chi connectivity index (χ4n) is 1.60. The molecule has 2 aromatic rings. The van der Waals surface area contributed by atoms with Crippen LogP contribution < -0.4 is 4.74 Å². The molecule has 0 amide bonds. The number of hydrogen-bond donors (Lipinski definition) is 1. The first-order valence-electron chi connectivity index (χ1n) is 5.44. The molecule has 3 nitrogen and oxygen atoms in total. The van der Waals surface area contributed by atoms with Crippen LogP contribution >= 0.6 is 15.9 Å². The summed E-state index contributed by atoms with van der Waals surface area (Å²) in [5.41, 5.74) is 0.642. The van der Waals surface area contributed by atoms with E-state index in [1.54, 1.807) is 19.1 Å². The number of carbonyl (C=O) groups is 1. The van der Waals surface area contributed by atoms with Gasteiger partial charge in [-0.2, -0.15) is 0 Å². The number of carboxylic acid groups (broad SMARTS) is 1. The van der Waals surface area contributed by atoms with Crippen LogP contribution in [-0.4, -0.2) is 11.1 Å². The lowest BCUT2D eigenvalue weighted by molar-refractivity contribution is 0.0694. The normalized spacial score (nSPS) is 10.3. The molecule has 98 valence electrons. The van der Waals surface area contributed by atoms with Crippen LogP contribution in [0.1, 0.15) is 15.9 Å². The molecule has 0 radical (unpaired) electrons. The zero-order valence-electron chi connectivity index (χ0n) is 9.98. The van der Waals surface area contributed by atoms with Crippen LogP contribution in [0.15, 0.2) is 40.9 Å². The highest BCUT2D eigenvalue weighted by molar-refractivity contribution is 9.10. The number of benzene rings is 2. The van der Waals surface area contributed by atoms with Crippen LogP contribution in [0, 0.1) is 12.7 Å². The zero-order valence-corrected chi connectivity index (χ0v) is 11.6. The van der Waals surface area contributed by atoms with Gasteiger partial charge in [-0.25, -0.2) is 9.18 Å². The maximum atomic E-state index is 13.0. The van der Waals surface area contributed by atoms with Crippen molar-refractivity contribution in [3.63, 3.8) is 0 Å². The Hall–Kier alpha value is -1.88. The highest BCUT2D eigenvalue weighted by Crippen LogP contribution is 2.30. The SMILES string of the molecule is Cc1cc(F)ccc1Oc1cc(Br)ccc1C(=O)O. The molecular formula is C14H10BrFO3. The largest absolute Gasteiger partial charge is 0.478 e. The minimum absolute atomic E-state index is 0.0481. The second-order valence-corrected chi connectivity index (χ2v) is 4.87. The smallest absolute Gasteiger partial charge is 0.339 e. The van der Waals surface area contributed by atoms with Gasteiger partial charge in [-0.05, 0) is 48.9 Å². The number of carboxylic acids is 1. The summed E-state index contributed by atoms with van der Waals surface area (Å²) in [6.07, 6.45) is 0. The number of hydrogen-bond acceptors (Lipinski definition) is 2. The third-order valence-electron chi connectivity index (χ3n) is 2.53. The van der Waals surface area contributed by atoms with E-state index in [4.69, 9.17) is 9.84 Å². The van der Waals surface area contributed by atoms with Crippen molar-refractivity contribution in [1.82, 2.24) is 0 Å². The highest BCUT2D eigenvalue weighted by atomic mass is 79.9. The fraction of sp³-hybridized carbons (Fsp3) is 0.0714. The van der Waals surface area contributed by atoms with Crippen molar-refractivity contribution in [2.45, 2.75) is 6.92 Å². The van der Waals surface area contributed by atoms with E-state index in [1.165, 1.54) is 24.3 Å². The molecule has 0 aliphatic heterocycles. The topological polar surface area (TPSA) is 46.5 Å². The molecule has 0 unspecified atom stereocenters. The molecule has 0 heterocycles. The molecule has 0 aliphatic rings. The van der Waals surface area contributed by atoms with Gasteiger partial charge in [0, 0.05) is 4.47 Å². The van der Waals surface area contributed by atoms with Crippen LogP contribution in [0.25, 0.3) is 0 Å². The van der Waals surface area contributed by atoms with Crippen molar-refractivity contribution in [3.8, 4) is 11.5 Å². The molecular weight excluding hydrogens is 315 g/mol. The summed E-state index contributed by atoms with van der Waals surface area (Å²) in [5, 5.41) is 9.09. The van der Waals surface area contributed by atoms with Gasteiger partial charge in [0.25, 0.3) is 0 Å². The van der Waals surface area contributed by atoms with Gasteiger partial charge in [-0.15, -0.1) is 0 Å². The molecule has 0 aliphatic carbocycles. The Bertz CT molecular complexity index is 641. The molecule has 0 atom stereocenters. The van der Waals surface area contributed by atoms with Gasteiger partial charge in [-0.1, -0.05) is 15.9 Å². The van der Waals surface area contributed by atoms with Crippen LogP contribution in [0.2, 0.25) is 0 Å². The summed E-state index contributed by atoms with van der Waals surface area (Å²) in [5.74, 6) is -0.821. The lowest BCUT2D eigenvalue weighted by atomic mass is 10.2. The van der Waals surface area contributed by atoms with Crippen molar-refractivity contribution in [2.75, 3.05) is 0 Å². The standard InChI is InChI=1S/C14H10BrFO3/c1-8-6-10(16)3-5-12(8)19-13-7-9(15)2-4-11(13)14(17)18/h2-7H,1H3,(H,17,18). The Balaban J connectivity index is 2.42. The van der Waals surface area contributed by atoms with E-state index in [0.29, 0.717) is 15.8 Å². The predicted octanol–water partition coefficient (Wildman–Crippen LogP) is 4.39. The minimum Gasteiger partial charge on any atom is -0.478 e. The summed E-state index contributed by atoms with van der Waals surface area (Å²) >= 11 is 3.26. The Morgan fingerprint density at radius 1 is 1.21 bits per heavy atom. The summed E-state index contributed by atoms with van der Waals surface area (Å²) in [4.78, 5) is 11.1. The van der Waals surface area contributed by atoms with Crippen LogP contribution in [0.3, 0.4) is 0 Å². The molecule has 5 heteroatoms. The third kappa shape index (κ3) is 3.12. The molecule has 1 N–H and O–H groups in total. The molecule has 0 spiro atoms. The molecule has 0 saturated heterocycles. The first-order valence-corrected chi connectivity index (χ1v) is 6.23. The van der Waals surface area contributed by atoms with Crippen LogP contribution in [0.4, 0.5) is 4.39 Å². The van der Waals surface area contributed by atoms with E-state index in [1.807, 2.05) is 0 Å². The number of ether oxygens (including phenoxy) is 1. The zero-order chi connectivity index (χ0) is 14.0. The quantitative estimate of drug-likeness (QED) is 0.910. The van der Waals surface area contributed by atoms with E-state index in [0.717, 1.165) is 0 Å². The van der Waals surface area contributed by atoms with Crippen molar-refractivity contribution in [2.24, 2.45) is 0 Å². The molecule has 19 heavy (non-hydrogen) atoms. The van der Waals surface area contributed by atoms with E-state index < -0.39 is 5.97 Å². The molecule has 0 fully saturated rings. The van der Waals surface area contributed by atoms with Gasteiger partial charge in [-0.3, -0.25) is 0 Å². The van der Waals surface area contributed by atoms with E-state index >= 15 is 0 Å². The fourth-order valence-corrected chi connectivity index (χ4v) is 1.94. The number of halogens is 2. The molecule has 0 aromatic heterocycles. The summed E-state index contributed by atoms with van der Waals surface area (Å²) < 4.78 is 19.3. The average Bonchev–Trinajstić information content (AvgIpc) is 2.32. The maximum Gasteiger partial charge on any atom is 0.339 e. The lowest BCUT2D eigenvalue weighted by Crippen LogP contribution is -2.00. The maximum absolute atomic E-state index is 13.0. The summed E-state index contributed by atoms with van der Waals surface area (Å²) in [7, 11) is 0. The number of aryl methyl sites for hydroxylation is 1. The monoisotopic (exact) mass is 324 g/mol. The van der Waals surface area contributed by atoms with E-state index in [2.05, 4.69) is 15.9 Å². The Morgan fingerprint density at radius 2 is 1.95 bits per heavy atom. The van der Waals surface area contributed by atoms with Crippen molar-refractivity contribution in [3.05, 3.63) is 57.8 Å². The third-order valence-corrected chi connectivity index (χ3v) is 3.02. The Kier molecular flexibility index (Phi) is 3.85. The van der Waals surface area contributed by atoms with Gasteiger partial charge in [0.15, 0.2) is 0 Å². The van der Waals surface area contributed by atoms with E-state index in [-0.39, 0.29) is 17.1 Å². The van der Waals surface area contributed by atoms with Crippen molar-refractivity contribution >= 4 is 21.9 Å². The molecule has 2 rings (SSSR count). The van der Waals surface area contributed by atoms with Crippen LogP contribution in [-0.2, 0) is 0 Å². The van der Waals surface area contributed by atoms with Crippen molar-refractivity contribution < 1.29 is 19.0 Å². The first-order chi connectivity index (χ1) is 8.97. The summed E-state index contributed by atoms with van der Waals surface area (Å²) in [6, 6.07) is 8.69. The second-order valence-electron chi connectivity index (χ2n) is 3.96. The highest BCUT2D eigenvalue weighted by Gasteiger charge is 2.13. The van der Waals surface area contributed by atoms with Crippen LogP contribution in [0.5, 0.6) is 11.5 Å². The first kappa shape index (κ1) is 13.5. The van der Waals surface area contributed by atoms with E-state index in [9.17, 15) is 9.18 Å². The second kappa shape index (κ2) is 5.40. The Morgan fingerprint density at radius 3 is 2.58 bits per heavy atom. The minimum atomic E-state index is -1.08. The average molecular weight is 325 g/mol. The lowest BCUT2D eigenvalue weighted by Gasteiger charge is -2.11.